The van der Waals surface area contributed by atoms with Crippen molar-refractivity contribution in [3.8, 4) is 16.2 Å². The van der Waals surface area contributed by atoms with Gasteiger partial charge in [-0.3, -0.25) is 4.99 Å². The van der Waals surface area contributed by atoms with E-state index in [1.165, 1.54) is 22.5 Å². The summed E-state index contributed by atoms with van der Waals surface area (Å²) in [5.41, 5.74) is 6.08. The molecule has 0 aliphatic carbocycles. The number of aromatic carboxylic acids is 1. The summed E-state index contributed by atoms with van der Waals surface area (Å²) in [6, 6.07) is 12.9. The molecule has 2 N–H and O–H groups in total. The number of aliphatic imine (C=N–C) groups is 1. The standard InChI is InChI=1S/C24H23NO3S2/c1-14-4-7-19(10-15(14)2)23-22(26)21(13-30-23)16(3)25-12-20(29)11-17-5-8-18(9-6-17)24(27)28/h4-10,13,26H,11-12H2,1-3H3,(H,27,28). The molecule has 0 atom stereocenters. The lowest BCUT2D eigenvalue weighted by atomic mass is 10.0. The summed E-state index contributed by atoms with van der Waals surface area (Å²) < 4.78 is 0. The molecule has 0 saturated carbocycles. The van der Waals surface area contributed by atoms with Crippen LogP contribution in [0.1, 0.15) is 39.5 Å². The van der Waals surface area contributed by atoms with Crippen molar-refractivity contribution in [2.24, 2.45) is 4.99 Å². The predicted molar refractivity (Wildman–Crippen MR) is 128 cm³/mol. The van der Waals surface area contributed by atoms with E-state index in [1.807, 2.05) is 18.4 Å². The van der Waals surface area contributed by atoms with Gasteiger partial charge in [-0.1, -0.05) is 42.5 Å². The highest BCUT2D eigenvalue weighted by Crippen LogP contribution is 2.39. The number of thiophene rings is 1. The molecule has 2 aromatic carbocycles. The van der Waals surface area contributed by atoms with Gasteiger partial charge >= 0.3 is 5.97 Å². The van der Waals surface area contributed by atoms with Crippen LogP contribution in [-0.4, -0.2) is 33.3 Å². The topological polar surface area (TPSA) is 69.9 Å². The number of carbonyl (C=O) groups is 1. The van der Waals surface area contributed by atoms with Crippen molar-refractivity contribution in [1.29, 1.82) is 0 Å². The summed E-state index contributed by atoms with van der Waals surface area (Å²) >= 11 is 6.95. The maximum absolute atomic E-state index is 10.9. The third kappa shape index (κ3) is 5.01. The summed E-state index contributed by atoms with van der Waals surface area (Å²) in [6.07, 6.45) is 0.551. The molecule has 4 nitrogen and oxygen atoms in total. The molecule has 30 heavy (non-hydrogen) atoms. The molecule has 0 spiro atoms. The zero-order valence-corrected chi connectivity index (χ0v) is 18.7. The Morgan fingerprint density at radius 1 is 1.10 bits per heavy atom. The van der Waals surface area contributed by atoms with Crippen LogP contribution in [0, 0.1) is 13.8 Å². The molecule has 3 rings (SSSR count). The highest BCUT2D eigenvalue weighted by atomic mass is 32.1. The number of hydrogen-bond acceptors (Lipinski definition) is 5. The fraction of sp³-hybridized carbons (Fsp3) is 0.208. The van der Waals surface area contributed by atoms with Crippen LogP contribution in [0.25, 0.3) is 10.4 Å². The van der Waals surface area contributed by atoms with Gasteiger partial charge in [0.2, 0.25) is 0 Å². The van der Waals surface area contributed by atoms with E-state index in [1.54, 1.807) is 24.3 Å². The third-order valence-electron chi connectivity index (χ3n) is 5.02. The Morgan fingerprint density at radius 3 is 2.43 bits per heavy atom. The maximum atomic E-state index is 10.9. The molecule has 0 fully saturated rings. The highest BCUT2D eigenvalue weighted by molar-refractivity contribution is 7.80. The minimum atomic E-state index is -0.944. The van der Waals surface area contributed by atoms with E-state index >= 15 is 0 Å². The lowest BCUT2D eigenvalue weighted by Gasteiger charge is -2.06. The van der Waals surface area contributed by atoms with Crippen LogP contribution in [0.2, 0.25) is 0 Å². The van der Waals surface area contributed by atoms with Crippen molar-refractivity contribution in [2.75, 3.05) is 6.54 Å². The Hall–Kier alpha value is -2.83. The first-order chi connectivity index (χ1) is 14.3. The monoisotopic (exact) mass is 437 g/mol. The molecular formula is C24H23NO3S2. The quantitative estimate of drug-likeness (QED) is 0.359. The highest BCUT2D eigenvalue weighted by Gasteiger charge is 2.15. The van der Waals surface area contributed by atoms with E-state index in [-0.39, 0.29) is 11.3 Å². The lowest BCUT2D eigenvalue weighted by Crippen LogP contribution is -2.07. The first-order valence-electron chi connectivity index (χ1n) is 9.49. The van der Waals surface area contributed by atoms with Gasteiger partial charge in [0.1, 0.15) is 5.75 Å². The van der Waals surface area contributed by atoms with Crippen LogP contribution in [0.3, 0.4) is 0 Å². The Morgan fingerprint density at radius 2 is 1.80 bits per heavy atom. The normalized spacial score (nSPS) is 11.5. The zero-order valence-electron chi connectivity index (χ0n) is 17.1. The van der Waals surface area contributed by atoms with Crippen molar-refractivity contribution in [1.82, 2.24) is 0 Å². The lowest BCUT2D eigenvalue weighted by molar-refractivity contribution is 0.0697. The van der Waals surface area contributed by atoms with E-state index in [0.29, 0.717) is 13.0 Å². The number of aromatic hydroxyl groups is 1. The van der Waals surface area contributed by atoms with Gasteiger partial charge in [-0.15, -0.1) is 11.3 Å². The Balaban J connectivity index is 1.69. The summed E-state index contributed by atoms with van der Waals surface area (Å²) in [7, 11) is 0. The molecule has 3 aromatic rings. The van der Waals surface area contributed by atoms with Crippen LogP contribution < -0.4 is 0 Å². The fourth-order valence-electron chi connectivity index (χ4n) is 3.04. The second-order valence-corrected chi connectivity index (χ2v) is 8.70. The number of carboxylic acids is 1. The van der Waals surface area contributed by atoms with Gasteiger partial charge in [0.05, 0.1) is 17.0 Å². The zero-order chi connectivity index (χ0) is 21.8. The van der Waals surface area contributed by atoms with E-state index < -0.39 is 5.97 Å². The molecule has 0 unspecified atom stereocenters. The van der Waals surface area contributed by atoms with Crippen LogP contribution in [0.4, 0.5) is 0 Å². The van der Waals surface area contributed by atoms with Gasteiger partial charge in [-0.25, -0.2) is 4.79 Å². The number of aryl methyl sites for hydroxylation is 2. The van der Waals surface area contributed by atoms with Gasteiger partial charge in [-0.2, -0.15) is 0 Å². The summed E-state index contributed by atoms with van der Waals surface area (Å²) in [5.74, 6) is -0.695. The van der Waals surface area contributed by atoms with E-state index in [2.05, 4.69) is 31.0 Å². The van der Waals surface area contributed by atoms with E-state index in [0.717, 1.165) is 32.1 Å². The smallest absolute Gasteiger partial charge is 0.335 e. The molecule has 0 amide bonds. The second-order valence-electron chi connectivity index (χ2n) is 7.25. The Bertz CT molecular complexity index is 1130. The Labute approximate surface area is 185 Å². The number of thiocarbonyl (C=S) groups is 1. The van der Waals surface area contributed by atoms with Gasteiger partial charge in [-0.05, 0) is 55.2 Å². The van der Waals surface area contributed by atoms with Crippen LogP contribution in [0.15, 0.2) is 52.8 Å². The van der Waals surface area contributed by atoms with Crippen molar-refractivity contribution >= 4 is 40.1 Å². The average molecular weight is 438 g/mol. The molecule has 0 saturated heterocycles. The van der Waals surface area contributed by atoms with Crippen molar-refractivity contribution in [3.63, 3.8) is 0 Å². The largest absolute Gasteiger partial charge is 0.506 e. The fourth-order valence-corrected chi connectivity index (χ4v) is 4.27. The SMILES string of the molecule is CC(=NCC(=S)Cc1ccc(C(=O)O)cc1)c1csc(-c2ccc(C)c(C)c2)c1O. The molecule has 0 bridgehead atoms. The molecule has 6 heteroatoms. The summed E-state index contributed by atoms with van der Waals surface area (Å²) in [4.78, 5) is 17.1. The van der Waals surface area contributed by atoms with Gasteiger partial charge in [0, 0.05) is 27.9 Å². The van der Waals surface area contributed by atoms with Gasteiger partial charge in [0.25, 0.3) is 0 Å². The average Bonchev–Trinajstić information content (AvgIpc) is 3.10. The van der Waals surface area contributed by atoms with Crippen LogP contribution in [0.5, 0.6) is 5.75 Å². The number of nitrogens with zero attached hydrogens (tertiary/aromatic N) is 1. The predicted octanol–water partition coefficient (Wildman–Crippen LogP) is 5.86. The Kier molecular flexibility index (Phi) is 6.80. The molecule has 154 valence electrons. The first-order valence-corrected chi connectivity index (χ1v) is 10.8. The molecule has 1 heterocycles. The van der Waals surface area contributed by atoms with Crippen molar-refractivity contribution in [3.05, 3.63) is 75.7 Å². The van der Waals surface area contributed by atoms with Crippen LogP contribution in [-0.2, 0) is 6.42 Å². The number of hydrogen-bond donors (Lipinski definition) is 2. The summed E-state index contributed by atoms with van der Waals surface area (Å²) in [6.45, 7) is 6.37. The second kappa shape index (κ2) is 9.32. The molecule has 0 aliphatic rings. The van der Waals surface area contributed by atoms with Crippen LogP contribution >= 0.6 is 23.6 Å². The number of carboxylic acid groups (broad SMARTS) is 1. The summed E-state index contributed by atoms with van der Waals surface area (Å²) in [5, 5.41) is 21.6. The molecular weight excluding hydrogens is 414 g/mol. The van der Waals surface area contributed by atoms with Crippen molar-refractivity contribution < 1.29 is 15.0 Å². The number of benzene rings is 2. The van der Waals surface area contributed by atoms with Gasteiger partial charge in [0.15, 0.2) is 0 Å². The van der Waals surface area contributed by atoms with Crippen molar-refractivity contribution in [2.45, 2.75) is 27.2 Å². The first kappa shape index (κ1) is 21.9. The minimum absolute atomic E-state index is 0.250. The third-order valence-corrected chi connectivity index (χ3v) is 6.31. The molecule has 0 radical (unpaired) electrons. The maximum Gasteiger partial charge on any atom is 0.335 e. The molecule has 0 aliphatic heterocycles. The molecule has 1 aromatic heterocycles. The number of rotatable bonds is 7. The van der Waals surface area contributed by atoms with E-state index in [9.17, 15) is 9.90 Å². The van der Waals surface area contributed by atoms with E-state index in [4.69, 9.17) is 17.3 Å². The van der Waals surface area contributed by atoms with Gasteiger partial charge < -0.3 is 10.2 Å². The minimum Gasteiger partial charge on any atom is -0.506 e.